The van der Waals surface area contributed by atoms with Crippen LogP contribution in [0.1, 0.15) is 25.7 Å². The average molecular weight is 269 g/mol. The highest BCUT2D eigenvalue weighted by Crippen LogP contribution is 2.34. The molecular weight excluding hydrogens is 250 g/mol. The van der Waals surface area contributed by atoms with Crippen molar-refractivity contribution in [1.82, 2.24) is 15.1 Å². The fourth-order valence-corrected chi connectivity index (χ4v) is 2.12. The fraction of sp³-hybridized carbons (Fsp3) is 0.750. The van der Waals surface area contributed by atoms with E-state index in [2.05, 4.69) is 5.32 Å². The van der Waals surface area contributed by atoms with Crippen molar-refractivity contribution < 1.29 is 19.5 Å². The van der Waals surface area contributed by atoms with Gasteiger partial charge in [0.2, 0.25) is 11.8 Å². The molecule has 0 aromatic heterocycles. The summed E-state index contributed by atoms with van der Waals surface area (Å²) in [6.07, 6.45) is 2.31. The predicted octanol–water partition coefficient (Wildman–Crippen LogP) is -0.698. The minimum absolute atomic E-state index is 0.0351. The molecule has 2 aliphatic rings. The standard InChI is InChI=1S/C12H19N3O4/c1-14-7-10(18)15(11(14)19)6-2-3-9(17)13-12(8-16)4-5-12/h16H,2-8H2,1H3,(H,13,17). The number of carbonyl (C=O) groups is 3. The highest BCUT2D eigenvalue weighted by molar-refractivity contribution is 6.01. The molecule has 1 aliphatic heterocycles. The number of aliphatic hydroxyl groups is 1. The Labute approximate surface area is 111 Å². The molecule has 2 fully saturated rings. The van der Waals surface area contributed by atoms with Crippen molar-refractivity contribution in [2.45, 2.75) is 31.2 Å². The molecule has 0 atom stereocenters. The third kappa shape index (κ3) is 3.04. The maximum Gasteiger partial charge on any atom is 0.326 e. The fourth-order valence-electron chi connectivity index (χ4n) is 2.12. The molecule has 7 nitrogen and oxygen atoms in total. The van der Waals surface area contributed by atoms with E-state index in [0.717, 1.165) is 12.8 Å². The third-order valence-corrected chi connectivity index (χ3v) is 3.58. The summed E-state index contributed by atoms with van der Waals surface area (Å²) in [7, 11) is 1.57. The Bertz CT molecular complexity index is 406. The van der Waals surface area contributed by atoms with Crippen molar-refractivity contribution in [1.29, 1.82) is 0 Å². The molecule has 1 aliphatic carbocycles. The Kier molecular flexibility index (Phi) is 3.75. The summed E-state index contributed by atoms with van der Waals surface area (Å²) in [6, 6.07) is -0.306. The van der Waals surface area contributed by atoms with Gasteiger partial charge in [-0.3, -0.25) is 14.5 Å². The molecule has 0 unspecified atom stereocenters. The first-order valence-electron chi connectivity index (χ1n) is 6.45. The summed E-state index contributed by atoms with van der Waals surface area (Å²) >= 11 is 0. The molecule has 106 valence electrons. The van der Waals surface area contributed by atoms with Gasteiger partial charge in [0, 0.05) is 20.0 Å². The Balaban J connectivity index is 1.70. The van der Waals surface area contributed by atoms with E-state index in [-0.39, 0.29) is 44.0 Å². The van der Waals surface area contributed by atoms with E-state index in [1.807, 2.05) is 0 Å². The molecule has 19 heavy (non-hydrogen) atoms. The Hall–Kier alpha value is -1.63. The molecule has 0 radical (unpaired) electrons. The minimum Gasteiger partial charge on any atom is -0.394 e. The number of hydrogen-bond acceptors (Lipinski definition) is 4. The number of aliphatic hydroxyl groups excluding tert-OH is 1. The molecule has 0 aromatic carbocycles. The Morgan fingerprint density at radius 3 is 2.58 bits per heavy atom. The van der Waals surface area contributed by atoms with Crippen molar-refractivity contribution >= 4 is 17.8 Å². The summed E-state index contributed by atoms with van der Waals surface area (Å²) in [5.41, 5.74) is -0.406. The van der Waals surface area contributed by atoms with Crippen LogP contribution >= 0.6 is 0 Å². The number of imide groups is 1. The van der Waals surface area contributed by atoms with Crippen LogP contribution in [0.15, 0.2) is 0 Å². The van der Waals surface area contributed by atoms with Gasteiger partial charge in [0.1, 0.15) is 6.54 Å². The lowest BCUT2D eigenvalue weighted by atomic mass is 10.2. The highest BCUT2D eigenvalue weighted by atomic mass is 16.3. The zero-order chi connectivity index (χ0) is 14.0. The van der Waals surface area contributed by atoms with Crippen LogP contribution in [0.2, 0.25) is 0 Å². The number of urea groups is 1. The second-order valence-electron chi connectivity index (χ2n) is 5.27. The maximum absolute atomic E-state index is 11.6. The average Bonchev–Trinajstić information content (AvgIpc) is 3.08. The van der Waals surface area contributed by atoms with Crippen LogP contribution in [-0.4, -0.2) is 65.0 Å². The molecule has 0 bridgehead atoms. The summed E-state index contributed by atoms with van der Waals surface area (Å²) in [5, 5.41) is 11.9. The summed E-state index contributed by atoms with van der Waals surface area (Å²) in [4.78, 5) is 37.2. The molecule has 7 heteroatoms. The minimum atomic E-state index is -0.406. The quantitative estimate of drug-likeness (QED) is 0.624. The third-order valence-electron chi connectivity index (χ3n) is 3.58. The van der Waals surface area contributed by atoms with Gasteiger partial charge in [-0.2, -0.15) is 0 Å². The molecule has 0 aromatic rings. The van der Waals surface area contributed by atoms with Crippen molar-refractivity contribution in [3.8, 4) is 0 Å². The summed E-state index contributed by atoms with van der Waals surface area (Å²) in [6.45, 7) is 0.340. The number of nitrogens with zero attached hydrogens (tertiary/aromatic N) is 2. The van der Waals surface area contributed by atoms with Crippen molar-refractivity contribution in [3.05, 3.63) is 0 Å². The van der Waals surface area contributed by atoms with E-state index < -0.39 is 5.54 Å². The molecular formula is C12H19N3O4. The van der Waals surface area contributed by atoms with E-state index in [4.69, 9.17) is 5.11 Å². The molecule has 2 N–H and O–H groups in total. The van der Waals surface area contributed by atoms with Crippen LogP contribution in [-0.2, 0) is 9.59 Å². The Morgan fingerprint density at radius 2 is 2.11 bits per heavy atom. The molecule has 4 amide bonds. The van der Waals surface area contributed by atoms with E-state index in [1.54, 1.807) is 7.05 Å². The molecule has 1 heterocycles. The summed E-state index contributed by atoms with van der Waals surface area (Å²) in [5.74, 6) is -0.360. The topological polar surface area (TPSA) is 90.0 Å². The smallest absolute Gasteiger partial charge is 0.326 e. The lowest BCUT2D eigenvalue weighted by molar-refractivity contribution is -0.126. The molecule has 1 saturated carbocycles. The molecule has 1 saturated heterocycles. The predicted molar refractivity (Wildman–Crippen MR) is 66.2 cm³/mol. The SMILES string of the molecule is CN1CC(=O)N(CCCC(=O)NC2(CO)CC2)C1=O. The second kappa shape index (κ2) is 5.16. The number of likely N-dealkylation sites (N-methyl/N-ethyl adjacent to an activating group) is 1. The lowest BCUT2D eigenvalue weighted by Crippen LogP contribution is -2.40. The van der Waals surface area contributed by atoms with Gasteiger partial charge in [0.25, 0.3) is 0 Å². The van der Waals surface area contributed by atoms with Crippen molar-refractivity contribution in [3.63, 3.8) is 0 Å². The first kappa shape index (κ1) is 13.8. The zero-order valence-corrected chi connectivity index (χ0v) is 11.0. The first-order chi connectivity index (χ1) is 8.97. The van der Waals surface area contributed by atoms with Crippen molar-refractivity contribution in [2.24, 2.45) is 0 Å². The largest absolute Gasteiger partial charge is 0.394 e. The van der Waals surface area contributed by atoms with Crippen LogP contribution < -0.4 is 5.32 Å². The zero-order valence-electron chi connectivity index (χ0n) is 11.0. The van der Waals surface area contributed by atoms with Gasteiger partial charge in [-0.1, -0.05) is 0 Å². The van der Waals surface area contributed by atoms with Crippen LogP contribution in [0.3, 0.4) is 0 Å². The van der Waals surface area contributed by atoms with Crippen LogP contribution in [0.4, 0.5) is 4.79 Å². The van der Waals surface area contributed by atoms with Crippen LogP contribution in [0.5, 0.6) is 0 Å². The number of hydrogen-bond donors (Lipinski definition) is 2. The van der Waals surface area contributed by atoms with E-state index in [0.29, 0.717) is 6.42 Å². The van der Waals surface area contributed by atoms with Gasteiger partial charge in [0.05, 0.1) is 12.1 Å². The molecule has 0 spiro atoms. The Morgan fingerprint density at radius 1 is 1.42 bits per heavy atom. The first-order valence-corrected chi connectivity index (χ1v) is 6.45. The van der Waals surface area contributed by atoms with Crippen LogP contribution in [0, 0.1) is 0 Å². The van der Waals surface area contributed by atoms with Gasteiger partial charge in [-0.05, 0) is 19.3 Å². The molecule has 2 rings (SSSR count). The highest BCUT2D eigenvalue weighted by Gasteiger charge is 2.43. The van der Waals surface area contributed by atoms with Crippen LogP contribution in [0.25, 0.3) is 0 Å². The van der Waals surface area contributed by atoms with Gasteiger partial charge >= 0.3 is 6.03 Å². The number of rotatable bonds is 6. The van der Waals surface area contributed by atoms with Gasteiger partial charge in [-0.15, -0.1) is 0 Å². The number of nitrogens with one attached hydrogen (secondary N) is 1. The van der Waals surface area contributed by atoms with E-state index in [9.17, 15) is 14.4 Å². The van der Waals surface area contributed by atoms with Gasteiger partial charge in [-0.25, -0.2) is 4.79 Å². The second-order valence-corrected chi connectivity index (χ2v) is 5.27. The monoisotopic (exact) mass is 269 g/mol. The lowest BCUT2D eigenvalue weighted by Gasteiger charge is -2.16. The van der Waals surface area contributed by atoms with Gasteiger partial charge < -0.3 is 15.3 Å². The summed E-state index contributed by atoms with van der Waals surface area (Å²) < 4.78 is 0. The van der Waals surface area contributed by atoms with Crippen molar-refractivity contribution in [2.75, 3.05) is 26.7 Å². The number of amides is 4. The normalized spacial score (nSPS) is 20.9. The van der Waals surface area contributed by atoms with E-state index >= 15 is 0 Å². The van der Waals surface area contributed by atoms with E-state index in [1.165, 1.54) is 9.80 Å². The number of carbonyl (C=O) groups excluding carboxylic acids is 3. The van der Waals surface area contributed by atoms with Gasteiger partial charge in [0.15, 0.2) is 0 Å². The maximum atomic E-state index is 11.6.